The smallest absolute Gasteiger partial charge is 0.655 e. The van der Waals surface area contributed by atoms with E-state index in [1.165, 1.54) is 47.9 Å². The number of unbranched alkanes of at least 4 members (excludes halogenated alkanes) is 10. The predicted molar refractivity (Wildman–Crippen MR) is 565 cm³/mol. The average molecular weight is 2760 g/mol. The van der Waals surface area contributed by atoms with E-state index in [-0.39, 0.29) is 39.0 Å². The van der Waals surface area contributed by atoms with Crippen molar-refractivity contribution in [3.05, 3.63) is 260 Å². The minimum Gasteiger partial charge on any atom is -0.655 e. The number of hydrogen-bond acceptors (Lipinski definition) is 4. The van der Waals surface area contributed by atoms with Crippen molar-refractivity contribution in [3.8, 4) is 77.9 Å². The van der Waals surface area contributed by atoms with Crippen LogP contribution in [0.3, 0.4) is 0 Å². The summed E-state index contributed by atoms with van der Waals surface area (Å²) in [7, 11) is 0. The van der Waals surface area contributed by atoms with Crippen LogP contribution in [0.2, 0.25) is 0 Å². The maximum absolute atomic E-state index is 5.97. The first-order valence-electron chi connectivity index (χ1n) is 39.9. The molecule has 0 fully saturated rings. The molecule has 6 aromatic carbocycles. The summed E-state index contributed by atoms with van der Waals surface area (Å²) < 4.78 is 12.3. The molecular weight excluding hydrogens is 2690 g/mol. The zero-order chi connectivity index (χ0) is 85.0. The summed E-state index contributed by atoms with van der Waals surface area (Å²) in [4.78, 5) is 46.0. The molecule has 5 aliphatic rings. The molecule has 26 heteroatoms. The third-order valence-corrected chi connectivity index (χ3v) is 40.1. The van der Waals surface area contributed by atoms with Crippen LogP contribution in [0.25, 0.3) is 158 Å². The van der Waals surface area contributed by atoms with Gasteiger partial charge in [0.25, 0.3) is 0 Å². The summed E-state index contributed by atoms with van der Waals surface area (Å²) in [5.74, 6) is 0. The Hall–Kier alpha value is -2.55. The number of aryl methyl sites for hydroxylation is 4. The van der Waals surface area contributed by atoms with Crippen LogP contribution in [0.5, 0.6) is 0 Å². The van der Waals surface area contributed by atoms with Crippen LogP contribution in [-0.4, -0.2) is 19.9 Å². The summed E-state index contributed by atoms with van der Waals surface area (Å²) in [6.45, 7) is 13.0. The van der Waals surface area contributed by atoms with Gasteiger partial charge in [-0.15, -0.1) is 44.1 Å². The maximum atomic E-state index is 5.97. The molecule has 0 atom stereocenters. The molecule has 17 rings (SSSR count). The van der Waals surface area contributed by atoms with Crippen LogP contribution in [0, 0.1) is 27.7 Å². The van der Waals surface area contributed by atoms with Crippen LogP contribution in [-0.2, 0) is 44.4 Å². The number of fused-ring (bicyclic) bond motifs is 19. The summed E-state index contributed by atoms with van der Waals surface area (Å²) in [5, 5.41) is 0. The molecule has 12 aromatic rings. The molecule has 6 aromatic heterocycles. The van der Waals surface area contributed by atoms with Crippen LogP contribution >= 0.6 is 255 Å². The Kier molecular flexibility index (Phi) is 30.7. The van der Waals surface area contributed by atoms with Gasteiger partial charge >= 0.3 is 39.0 Å². The molecule has 0 N–H and O–H groups in total. The van der Waals surface area contributed by atoms with Crippen LogP contribution in [0.1, 0.15) is 183 Å². The minimum absolute atomic E-state index is 0. The Morgan fingerprint density at radius 1 is 0.252 bits per heavy atom. The van der Waals surface area contributed by atoms with Crippen molar-refractivity contribution in [1.29, 1.82) is 0 Å². The summed E-state index contributed by atoms with van der Waals surface area (Å²) in [6.07, 6.45) is 15.4. The molecule has 1 aliphatic carbocycles. The molecular formula is C97H70Br16N8Zn2. The largest absolute Gasteiger partial charge is 2.00 e. The van der Waals surface area contributed by atoms with E-state index in [9.17, 15) is 0 Å². The molecule has 123 heavy (non-hydrogen) atoms. The van der Waals surface area contributed by atoms with E-state index in [0.29, 0.717) is 89.7 Å². The summed E-state index contributed by atoms with van der Waals surface area (Å²) in [6, 6.07) is 52.8. The van der Waals surface area contributed by atoms with Crippen molar-refractivity contribution in [1.82, 2.24) is 39.9 Å². The molecule has 16 bridgehead atoms. The number of hydrogen-bond donors (Lipinski definition) is 0. The van der Waals surface area contributed by atoms with Crippen LogP contribution in [0.4, 0.5) is 0 Å². The first-order chi connectivity index (χ1) is 58.2. The van der Waals surface area contributed by atoms with Gasteiger partial charge in [0.05, 0.1) is 81.4 Å². The molecule has 10 heterocycles. The molecule has 0 saturated carbocycles. The monoisotopic (exact) mass is 2740 g/mol. The van der Waals surface area contributed by atoms with Crippen LogP contribution < -0.4 is 19.9 Å². The number of nitrogens with zero attached hydrogens (tertiary/aromatic N) is 8. The quantitative estimate of drug-likeness (QED) is 0.0548. The normalized spacial score (nSPS) is 13.5. The number of benzene rings is 6. The third-order valence-electron chi connectivity index (χ3n) is 23.4. The van der Waals surface area contributed by atoms with E-state index < -0.39 is 5.41 Å². The molecule has 0 unspecified atom stereocenters. The standard InChI is InChI=1S/C97H70Br16N8.2Zn/c1-7-9-11-13-15-17-39-97(40-18-16-14-12-10-8-2)57-41-53(67-93-81(110)77(106)89(118-93)63(49-27-19-45(3)20-28-49)85-73(102)69(98)59(114-85)43-60-70(99)74(103)86(115-60)64(50-29-21-46(4)22-30-50)90-78(107)82(111)94(67)119-90)35-37-55(57)56-38-36-54(42-58(56)97)68-95-83(112)79(108)91(120-95)65(51-31-23-47(5)24-32-51)87-75(104)71(100)61(116-87)44-62-72(101)76(105)88(117-62)66(52-33-25-48(6)26-34-52)92-80(109)84(113)96(68)121-92;;/h19-38,41-44H,7-18,39-40H2,1-6H3;;/q-4;2*+2. The molecule has 4 aliphatic heterocycles. The number of aromatic nitrogens is 8. The molecule has 0 amide bonds. The fourth-order valence-corrected chi connectivity index (χ4v) is 24.4. The zero-order valence-corrected chi connectivity index (χ0v) is 98.6. The van der Waals surface area contributed by atoms with Crippen molar-refractivity contribution in [3.63, 3.8) is 0 Å². The van der Waals surface area contributed by atoms with E-state index in [0.717, 1.165) is 225 Å². The van der Waals surface area contributed by atoms with Gasteiger partial charge < -0.3 is 19.9 Å². The third kappa shape index (κ3) is 17.7. The van der Waals surface area contributed by atoms with Crippen molar-refractivity contribution in [2.45, 2.75) is 137 Å². The second-order valence-electron chi connectivity index (χ2n) is 31.3. The molecule has 0 saturated heterocycles. The zero-order valence-electron chi connectivity index (χ0n) is 67.3. The van der Waals surface area contributed by atoms with Gasteiger partial charge in [-0.05, 0) is 281 Å². The SMILES string of the molecule is CCCCCCCCC1(CCCCCCCC)c2cc(-c3c4nc(c(-c5ccc(C)cc5)c5[n-]c(cc6nc(c(-c7ccc(C)cc7)c7[n-]c3c(Br)c7Br)C(Br)=C6Br)c(Br)c5Br)C(Br)=C4Br)ccc2-c2ccc(-c3c4nc(c(-c5ccc(C)cc5)c5[n-]c(cc6nc(c(-c7ccc(C)cc7)c7[n-]c3c(Br)c7Br)C(Br)=C6Br)c(Br)c5Br)C(Br)=C4Br)cc21.[Zn+2].[Zn+2]. The van der Waals surface area contributed by atoms with E-state index in [2.05, 4.69) is 430 Å². The average Bonchev–Trinajstić information content (AvgIpc) is 1.55. The second kappa shape index (κ2) is 39.7. The maximum Gasteiger partial charge on any atom is 2.00 e. The summed E-state index contributed by atoms with van der Waals surface area (Å²) >= 11 is 66.8. The fourth-order valence-electron chi connectivity index (χ4n) is 17.1. The van der Waals surface area contributed by atoms with Gasteiger partial charge in [0.1, 0.15) is 0 Å². The molecule has 614 valence electrons. The fraction of sp³-hybridized carbons (Fsp3) is 0.216. The van der Waals surface area contributed by atoms with Crippen molar-refractivity contribution in [2.75, 3.05) is 0 Å². The van der Waals surface area contributed by atoms with Gasteiger partial charge in [0.2, 0.25) is 0 Å². The van der Waals surface area contributed by atoms with Gasteiger partial charge in [-0.1, -0.05) is 362 Å². The van der Waals surface area contributed by atoms with Gasteiger partial charge in [-0.25, -0.2) is 19.9 Å². The second-order valence-corrected chi connectivity index (χ2v) is 44.0. The Morgan fingerprint density at radius 2 is 0.488 bits per heavy atom. The molecule has 8 nitrogen and oxygen atoms in total. The van der Waals surface area contributed by atoms with E-state index in [1.54, 1.807) is 0 Å². The van der Waals surface area contributed by atoms with Crippen molar-refractivity contribution < 1.29 is 39.0 Å². The molecule has 0 radical (unpaired) electrons. The van der Waals surface area contributed by atoms with Gasteiger partial charge in [0.15, 0.2) is 0 Å². The Bertz CT molecular complexity index is 6360. The Balaban J connectivity index is 0.00000587. The number of rotatable bonds is 20. The first kappa shape index (κ1) is 95.1. The van der Waals surface area contributed by atoms with Crippen LogP contribution in [0.15, 0.2) is 181 Å². The summed E-state index contributed by atoms with van der Waals surface area (Å²) in [5.41, 5.74) is 30.5. The minimum atomic E-state index is -0.533. The van der Waals surface area contributed by atoms with Crippen molar-refractivity contribution >= 4 is 335 Å². The predicted octanol–water partition coefficient (Wildman–Crippen LogP) is 37.0. The Morgan fingerprint density at radius 3 is 0.780 bits per heavy atom. The molecule has 0 spiro atoms. The van der Waals surface area contributed by atoms with Gasteiger partial charge in [0, 0.05) is 41.2 Å². The van der Waals surface area contributed by atoms with Gasteiger partial charge in [-0.3, -0.25) is 0 Å². The van der Waals surface area contributed by atoms with Gasteiger partial charge in [-0.2, -0.15) is 0 Å². The topological polar surface area (TPSA) is 108 Å². The first-order valence-corrected chi connectivity index (χ1v) is 52.6. The number of halogens is 16. The van der Waals surface area contributed by atoms with Crippen molar-refractivity contribution in [2.24, 2.45) is 0 Å². The van der Waals surface area contributed by atoms with E-state index in [4.69, 9.17) is 39.9 Å². The Labute approximate surface area is 876 Å². The van der Waals surface area contributed by atoms with E-state index >= 15 is 0 Å². The van der Waals surface area contributed by atoms with E-state index in [1.807, 2.05) is 12.1 Å².